The summed E-state index contributed by atoms with van der Waals surface area (Å²) < 4.78 is 50.2. The highest BCUT2D eigenvalue weighted by molar-refractivity contribution is 7.92. The minimum absolute atomic E-state index is 0.165. The summed E-state index contributed by atoms with van der Waals surface area (Å²) in [7, 11) is -6.81. The van der Waals surface area contributed by atoms with Crippen LogP contribution < -0.4 is 4.72 Å². The zero-order chi connectivity index (χ0) is 12.7. The molecule has 2 saturated heterocycles. The second-order valence-electron chi connectivity index (χ2n) is 4.43. The third-order valence-corrected chi connectivity index (χ3v) is 7.01. The summed E-state index contributed by atoms with van der Waals surface area (Å²) >= 11 is 5.85. The van der Waals surface area contributed by atoms with Crippen LogP contribution in [0.3, 0.4) is 0 Å². The second-order valence-corrected chi connectivity index (χ2v) is 8.85. The summed E-state index contributed by atoms with van der Waals surface area (Å²) in [6.45, 7) is 0.976. The molecule has 0 aromatic carbocycles. The summed E-state index contributed by atoms with van der Waals surface area (Å²) in [5.74, 6) is -0.379. The van der Waals surface area contributed by atoms with Crippen molar-refractivity contribution >= 4 is 31.6 Å². The molecule has 1 N–H and O–H groups in total. The number of rotatable bonds is 3. The Morgan fingerprint density at radius 2 is 1.76 bits per heavy atom. The van der Waals surface area contributed by atoms with Gasteiger partial charge in [-0.3, -0.25) is 0 Å². The number of nitrogens with one attached hydrogen (secondary N) is 1. The monoisotopic (exact) mass is 302 g/mol. The fourth-order valence-corrected chi connectivity index (χ4v) is 6.36. The Morgan fingerprint density at radius 3 is 2.24 bits per heavy atom. The van der Waals surface area contributed by atoms with Crippen LogP contribution in [0.5, 0.6) is 0 Å². The standard InChI is InChI=1S/C8H15ClN2O4S2/c9-7-5-16(12,13)6-8(7)10-17(14,15)11-3-1-2-4-11/h7-8,10H,1-6H2. The first-order valence-electron chi connectivity index (χ1n) is 5.42. The molecule has 2 unspecified atom stereocenters. The highest BCUT2D eigenvalue weighted by atomic mass is 35.5. The van der Waals surface area contributed by atoms with Crippen LogP contribution in [0.4, 0.5) is 0 Å². The van der Waals surface area contributed by atoms with Gasteiger partial charge in [0.15, 0.2) is 9.84 Å². The number of sulfone groups is 1. The lowest BCUT2D eigenvalue weighted by Crippen LogP contribution is -2.47. The van der Waals surface area contributed by atoms with E-state index in [9.17, 15) is 16.8 Å². The first-order valence-corrected chi connectivity index (χ1v) is 9.12. The molecule has 100 valence electrons. The van der Waals surface area contributed by atoms with Gasteiger partial charge in [0, 0.05) is 13.1 Å². The van der Waals surface area contributed by atoms with Gasteiger partial charge in [0.2, 0.25) is 0 Å². The van der Waals surface area contributed by atoms with Gasteiger partial charge in [-0.25, -0.2) is 8.42 Å². The number of hydrogen-bond acceptors (Lipinski definition) is 4. The van der Waals surface area contributed by atoms with Crippen molar-refractivity contribution in [2.45, 2.75) is 24.3 Å². The molecule has 0 amide bonds. The van der Waals surface area contributed by atoms with Crippen LogP contribution in [-0.4, -0.2) is 57.2 Å². The minimum atomic E-state index is -3.59. The molecule has 0 bridgehead atoms. The molecule has 2 rings (SSSR count). The lowest BCUT2D eigenvalue weighted by molar-refractivity contribution is 0.456. The molecule has 0 spiro atoms. The van der Waals surface area contributed by atoms with Gasteiger partial charge in [-0.2, -0.15) is 17.4 Å². The molecule has 2 atom stereocenters. The topological polar surface area (TPSA) is 83.5 Å². The van der Waals surface area contributed by atoms with Crippen LogP contribution in [-0.2, 0) is 20.0 Å². The largest absolute Gasteiger partial charge is 0.279 e. The molecular weight excluding hydrogens is 288 g/mol. The molecule has 6 nitrogen and oxygen atoms in total. The van der Waals surface area contributed by atoms with Gasteiger partial charge in [-0.05, 0) is 12.8 Å². The van der Waals surface area contributed by atoms with Crippen LogP contribution in [0.25, 0.3) is 0 Å². The maximum Gasteiger partial charge on any atom is 0.279 e. The predicted molar refractivity (Wildman–Crippen MR) is 64.9 cm³/mol. The third-order valence-electron chi connectivity index (χ3n) is 2.99. The van der Waals surface area contributed by atoms with Gasteiger partial charge in [-0.15, -0.1) is 11.6 Å². The zero-order valence-corrected chi connectivity index (χ0v) is 11.6. The molecule has 0 radical (unpaired) electrons. The summed E-state index contributed by atoms with van der Waals surface area (Å²) in [5.41, 5.74) is 0. The quantitative estimate of drug-likeness (QED) is 0.700. The van der Waals surface area contributed by atoms with E-state index in [-0.39, 0.29) is 11.5 Å². The van der Waals surface area contributed by atoms with Crippen molar-refractivity contribution in [2.24, 2.45) is 0 Å². The van der Waals surface area contributed by atoms with Crippen molar-refractivity contribution in [1.29, 1.82) is 0 Å². The first kappa shape index (κ1) is 13.5. The van der Waals surface area contributed by atoms with Crippen LogP contribution in [0.2, 0.25) is 0 Å². The van der Waals surface area contributed by atoms with E-state index in [1.54, 1.807) is 0 Å². The molecule has 0 aromatic heterocycles. The van der Waals surface area contributed by atoms with Crippen molar-refractivity contribution in [3.63, 3.8) is 0 Å². The van der Waals surface area contributed by atoms with E-state index in [1.165, 1.54) is 4.31 Å². The SMILES string of the molecule is O=S1(=O)CC(Cl)C(NS(=O)(=O)N2CCCC2)C1. The normalized spacial score (nSPS) is 34.2. The van der Waals surface area contributed by atoms with Crippen molar-refractivity contribution < 1.29 is 16.8 Å². The predicted octanol–water partition coefficient (Wildman–Crippen LogP) is -0.679. The van der Waals surface area contributed by atoms with Crippen molar-refractivity contribution in [3.8, 4) is 0 Å². The van der Waals surface area contributed by atoms with Crippen LogP contribution in [0.15, 0.2) is 0 Å². The van der Waals surface area contributed by atoms with E-state index >= 15 is 0 Å². The van der Waals surface area contributed by atoms with E-state index in [2.05, 4.69) is 4.72 Å². The lowest BCUT2D eigenvalue weighted by atomic mass is 10.3. The zero-order valence-electron chi connectivity index (χ0n) is 9.17. The average molecular weight is 303 g/mol. The maximum absolute atomic E-state index is 11.9. The van der Waals surface area contributed by atoms with E-state index in [4.69, 9.17) is 11.6 Å². The summed E-state index contributed by atoms with van der Waals surface area (Å²) in [5, 5.41) is -0.683. The summed E-state index contributed by atoms with van der Waals surface area (Å²) in [6.07, 6.45) is 1.68. The number of alkyl halides is 1. The Kier molecular flexibility index (Phi) is 3.71. The molecule has 17 heavy (non-hydrogen) atoms. The highest BCUT2D eigenvalue weighted by Gasteiger charge is 2.40. The van der Waals surface area contributed by atoms with E-state index in [1.807, 2.05) is 0 Å². The Bertz CT molecular complexity index is 484. The Morgan fingerprint density at radius 1 is 1.18 bits per heavy atom. The smallest absolute Gasteiger partial charge is 0.229 e. The molecule has 2 heterocycles. The molecule has 2 aliphatic heterocycles. The van der Waals surface area contributed by atoms with Crippen molar-refractivity contribution in [1.82, 2.24) is 9.03 Å². The number of nitrogens with zero attached hydrogens (tertiary/aromatic N) is 1. The molecule has 0 aliphatic carbocycles. The van der Waals surface area contributed by atoms with Crippen molar-refractivity contribution in [2.75, 3.05) is 24.6 Å². The van der Waals surface area contributed by atoms with E-state index in [0.717, 1.165) is 12.8 Å². The summed E-state index contributed by atoms with van der Waals surface area (Å²) in [4.78, 5) is 0. The minimum Gasteiger partial charge on any atom is -0.229 e. The fourth-order valence-electron chi connectivity index (χ4n) is 2.11. The van der Waals surface area contributed by atoms with Crippen molar-refractivity contribution in [3.05, 3.63) is 0 Å². The van der Waals surface area contributed by atoms with Crippen LogP contribution in [0.1, 0.15) is 12.8 Å². The van der Waals surface area contributed by atoms with Crippen LogP contribution in [0, 0.1) is 0 Å². The van der Waals surface area contributed by atoms with Gasteiger partial charge in [-0.1, -0.05) is 0 Å². The molecular formula is C8H15ClN2O4S2. The van der Waals surface area contributed by atoms with Gasteiger partial charge in [0.05, 0.1) is 22.9 Å². The molecule has 9 heteroatoms. The molecule has 2 fully saturated rings. The van der Waals surface area contributed by atoms with E-state index < -0.39 is 31.5 Å². The maximum atomic E-state index is 11.9. The molecule has 2 aliphatic rings. The number of hydrogen-bond donors (Lipinski definition) is 1. The second kappa shape index (κ2) is 4.65. The molecule has 0 saturated carbocycles. The highest BCUT2D eigenvalue weighted by Crippen LogP contribution is 2.20. The average Bonchev–Trinajstić information content (AvgIpc) is 2.74. The Balaban J connectivity index is 2.06. The van der Waals surface area contributed by atoms with Gasteiger partial charge in [0.1, 0.15) is 0 Å². The lowest BCUT2D eigenvalue weighted by Gasteiger charge is -2.20. The molecule has 0 aromatic rings. The Labute approximate surface area is 106 Å². The Hall–Kier alpha value is 0.110. The first-order chi connectivity index (χ1) is 7.80. The van der Waals surface area contributed by atoms with Crippen LogP contribution >= 0.6 is 11.6 Å². The fraction of sp³-hybridized carbons (Fsp3) is 1.00. The van der Waals surface area contributed by atoms with Gasteiger partial charge < -0.3 is 0 Å². The third kappa shape index (κ3) is 3.11. The van der Waals surface area contributed by atoms with Gasteiger partial charge in [0.25, 0.3) is 10.2 Å². The van der Waals surface area contributed by atoms with Gasteiger partial charge >= 0.3 is 0 Å². The number of halogens is 1. The van der Waals surface area contributed by atoms with E-state index in [0.29, 0.717) is 13.1 Å². The summed E-state index contributed by atoms with van der Waals surface area (Å²) in [6, 6.07) is -0.715.